The van der Waals surface area contributed by atoms with Gasteiger partial charge in [-0.25, -0.2) is 4.79 Å². The lowest BCUT2D eigenvalue weighted by molar-refractivity contribution is -0.141. The van der Waals surface area contributed by atoms with Crippen LogP contribution in [0, 0.1) is 0 Å². The average Bonchev–Trinajstić information content (AvgIpc) is 2.98. The number of hydrogen-bond donors (Lipinski definition) is 1. The number of rotatable bonds is 3. The van der Waals surface area contributed by atoms with Crippen molar-refractivity contribution >= 4 is 17.9 Å². The summed E-state index contributed by atoms with van der Waals surface area (Å²) in [6.45, 7) is 0.0429. The molecule has 3 amide bonds. The van der Waals surface area contributed by atoms with Gasteiger partial charge < -0.3 is 10.1 Å². The van der Waals surface area contributed by atoms with Crippen LogP contribution in [0.15, 0.2) is 24.3 Å². The fraction of sp³-hybridized carbons (Fsp3) is 0.400. The van der Waals surface area contributed by atoms with E-state index in [1.54, 1.807) is 0 Å². The summed E-state index contributed by atoms with van der Waals surface area (Å²) in [5, 5.41) is 2.81. The van der Waals surface area contributed by atoms with Crippen LogP contribution in [0.4, 0.5) is 4.79 Å². The number of hydrogen-bond acceptors (Lipinski definition) is 4. The van der Waals surface area contributed by atoms with Crippen LogP contribution in [0.1, 0.15) is 24.0 Å². The number of amides is 3. The number of aryl methyl sites for hydroxylation is 1. The van der Waals surface area contributed by atoms with Crippen molar-refractivity contribution in [3.63, 3.8) is 0 Å². The van der Waals surface area contributed by atoms with Gasteiger partial charge in [-0.2, -0.15) is 0 Å². The summed E-state index contributed by atoms with van der Waals surface area (Å²) in [6, 6.07) is 7.20. The van der Waals surface area contributed by atoms with Crippen LogP contribution in [-0.4, -0.2) is 36.5 Å². The Morgan fingerprint density at radius 2 is 2.14 bits per heavy atom. The van der Waals surface area contributed by atoms with E-state index in [1.165, 1.54) is 7.11 Å². The molecule has 110 valence electrons. The molecule has 6 heteroatoms. The first-order valence-corrected chi connectivity index (χ1v) is 6.88. The van der Waals surface area contributed by atoms with Crippen LogP contribution in [-0.2, 0) is 26.3 Å². The van der Waals surface area contributed by atoms with Crippen molar-refractivity contribution in [3.05, 3.63) is 35.4 Å². The molecule has 1 spiro atoms. The molecule has 1 aromatic carbocycles. The lowest BCUT2D eigenvalue weighted by atomic mass is 9.92. The third-order valence-corrected chi connectivity index (χ3v) is 4.19. The molecule has 1 aromatic rings. The van der Waals surface area contributed by atoms with Crippen LogP contribution in [0.5, 0.6) is 0 Å². The Morgan fingerprint density at radius 1 is 1.38 bits per heavy atom. The number of imide groups is 1. The number of esters is 1. The second-order valence-corrected chi connectivity index (χ2v) is 5.28. The summed E-state index contributed by atoms with van der Waals surface area (Å²) >= 11 is 0. The number of carbonyl (C=O) groups excluding carboxylic acids is 3. The van der Waals surface area contributed by atoms with E-state index in [0.717, 1.165) is 22.4 Å². The van der Waals surface area contributed by atoms with E-state index >= 15 is 0 Å². The van der Waals surface area contributed by atoms with E-state index in [-0.39, 0.29) is 18.9 Å². The minimum atomic E-state index is -0.955. The van der Waals surface area contributed by atoms with E-state index in [2.05, 4.69) is 10.1 Å². The number of methoxy groups -OCH3 is 1. The predicted molar refractivity (Wildman–Crippen MR) is 73.3 cm³/mol. The molecule has 1 aliphatic carbocycles. The first-order valence-electron chi connectivity index (χ1n) is 6.88. The van der Waals surface area contributed by atoms with E-state index < -0.39 is 17.5 Å². The fourth-order valence-corrected chi connectivity index (χ4v) is 3.10. The molecule has 1 N–H and O–H groups in total. The predicted octanol–water partition coefficient (Wildman–Crippen LogP) is 0.943. The SMILES string of the molecule is COC(=O)CCN1C(=O)N[C@]2(CCc3ccccc32)C1=O. The van der Waals surface area contributed by atoms with Gasteiger partial charge in [0.15, 0.2) is 0 Å². The zero-order valence-electron chi connectivity index (χ0n) is 11.7. The maximum absolute atomic E-state index is 12.7. The third kappa shape index (κ3) is 1.98. The molecule has 1 saturated heterocycles. The van der Waals surface area contributed by atoms with Gasteiger partial charge in [0.25, 0.3) is 5.91 Å². The molecule has 0 bridgehead atoms. The number of nitrogens with one attached hydrogen (secondary N) is 1. The van der Waals surface area contributed by atoms with Gasteiger partial charge in [0.2, 0.25) is 0 Å². The van der Waals surface area contributed by atoms with E-state index in [4.69, 9.17) is 0 Å². The van der Waals surface area contributed by atoms with Gasteiger partial charge in [-0.1, -0.05) is 24.3 Å². The molecule has 0 saturated carbocycles. The van der Waals surface area contributed by atoms with Gasteiger partial charge in [0.05, 0.1) is 13.5 Å². The van der Waals surface area contributed by atoms with Gasteiger partial charge in [0.1, 0.15) is 5.54 Å². The number of fused-ring (bicyclic) bond motifs is 2. The van der Waals surface area contributed by atoms with E-state index in [0.29, 0.717) is 6.42 Å². The smallest absolute Gasteiger partial charge is 0.325 e. The Bertz CT molecular complexity index is 628. The van der Waals surface area contributed by atoms with Crippen LogP contribution >= 0.6 is 0 Å². The number of carbonyl (C=O) groups is 3. The lowest BCUT2D eigenvalue weighted by Crippen LogP contribution is -2.42. The quantitative estimate of drug-likeness (QED) is 0.663. The summed E-state index contributed by atoms with van der Waals surface area (Å²) in [4.78, 5) is 37.1. The number of urea groups is 1. The molecule has 1 aliphatic heterocycles. The Balaban J connectivity index is 1.86. The standard InChI is InChI=1S/C15H16N2O4/c1-21-12(18)7-9-17-13(19)15(16-14(17)20)8-6-10-4-2-3-5-11(10)15/h2-5H,6-9H2,1H3,(H,16,20)/t15-/m0/s1. The fourth-order valence-electron chi connectivity index (χ4n) is 3.10. The summed E-state index contributed by atoms with van der Waals surface area (Å²) in [5.41, 5.74) is 0.994. The molecular formula is C15H16N2O4. The van der Waals surface area contributed by atoms with Crippen molar-refractivity contribution in [2.24, 2.45) is 0 Å². The van der Waals surface area contributed by atoms with E-state index in [9.17, 15) is 14.4 Å². The summed E-state index contributed by atoms with van der Waals surface area (Å²) in [5.74, 6) is -0.718. The highest BCUT2D eigenvalue weighted by atomic mass is 16.5. The van der Waals surface area contributed by atoms with Crippen molar-refractivity contribution in [2.45, 2.75) is 24.8 Å². The summed E-state index contributed by atoms with van der Waals surface area (Å²) in [7, 11) is 1.28. The van der Waals surface area contributed by atoms with Gasteiger partial charge in [-0.3, -0.25) is 14.5 Å². The Labute approximate surface area is 122 Å². The molecule has 6 nitrogen and oxygen atoms in total. The zero-order valence-corrected chi connectivity index (χ0v) is 11.7. The molecule has 2 aliphatic rings. The first kappa shape index (κ1) is 13.6. The number of ether oxygens (including phenoxy) is 1. The van der Waals surface area contributed by atoms with Crippen molar-refractivity contribution < 1.29 is 19.1 Å². The first-order chi connectivity index (χ1) is 10.1. The molecule has 0 radical (unpaired) electrons. The van der Waals surface area contributed by atoms with Gasteiger partial charge in [0, 0.05) is 6.54 Å². The third-order valence-electron chi connectivity index (χ3n) is 4.19. The topological polar surface area (TPSA) is 75.7 Å². The highest BCUT2D eigenvalue weighted by Gasteiger charge is 2.55. The molecule has 0 unspecified atom stereocenters. The zero-order chi connectivity index (χ0) is 15.0. The average molecular weight is 288 g/mol. The Kier molecular flexibility index (Phi) is 3.16. The molecule has 1 atom stereocenters. The van der Waals surface area contributed by atoms with E-state index in [1.807, 2.05) is 24.3 Å². The van der Waals surface area contributed by atoms with Crippen LogP contribution in [0.2, 0.25) is 0 Å². The van der Waals surface area contributed by atoms with Crippen molar-refractivity contribution in [1.29, 1.82) is 0 Å². The minimum absolute atomic E-state index is 0.00733. The lowest BCUT2D eigenvalue weighted by Gasteiger charge is -2.22. The maximum atomic E-state index is 12.7. The Morgan fingerprint density at radius 3 is 2.90 bits per heavy atom. The molecule has 1 fully saturated rings. The minimum Gasteiger partial charge on any atom is -0.469 e. The number of nitrogens with zero attached hydrogens (tertiary/aromatic N) is 1. The van der Waals surface area contributed by atoms with Gasteiger partial charge in [-0.05, 0) is 24.0 Å². The largest absolute Gasteiger partial charge is 0.469 e. The molecule has 21 heavy (non-hydrogen) atoms. The molecule has 0 aromatic heterocycles. The van der Waals surface area contributed by atoms with Gasteiger partial charge >= 0.3 is 12.0 Å². The van der Waals surface area contributed by atoms with Gasteiger partial charge in [-0.15, -0.1) is 0 Å². The second kappa shape index (κ2) is 4.87. The monoisotopic (exact) mass is 288 g/mol. The molecule has 3 rings (SSSR count). The highest BCUT2D eigenvalue weighted by Crippen LogP contribution is 2.41. The second-order valence-electron chi connectivity index (χ2n) is 5.28. The summed E-state index contributed by atoms with van der Waals surface area (Å²) < 4.78 is 4.55. The highest BCUT2D eigenvalue weighted by molar-refractivity contribution is 6.08. The molecular weight excluding hydrogens is 272 g/mol. The van der Waals surface area contributed by atoms with Crippen molar-refractivity contribution in [2.75, 3.05) is 13.7 Å². The van der Waals surface area contributed by atoms with Crippen LogP contribution in [0.25, 0.3) is 0 Å². The van der Waals surface area contributed by atoms with Crippen LogP contribution < -0.4 is 5.32 Å². The Hall–Kier alpha value is -2.37. The van der Waals surface area contributed by atoms with Crippen LogP contribution in [0.3, 0.4) is 0 Å². The number of benzene rings is 1. The normalized spacial score (nSPS) is 23.4. The van der Waals surface area contributed by atoms with Crippen molar-refractivity contribution in [3.8, 4) is 0 Å². The van der Waals surface area contributed by atoms with Crippen molar-refractivity contribution in [1.82, 2.24) is 10.2 Å². The molecule has 1 heterocycles. The maximum Gasteiger partial charge on any atom is 0.325 e. The summed E-state index contributed by atoms with van der Waals surface area (Å²) in [6.07, 6.45) is 1.33.